The number of imidazole rings is 1. The summed E-state index contributed by atoms with van der Waals surface area (Å²) < 4.78 is 48.4. The van der Waals surface area contributed by atoms with Crippen LogP contribution in [0, 0.1) is 0 Å². The van der Waals surface area contributed by atoms with Gasteiger partial charge in [0.25, 0.3) is 11.9 Å². The van der Waals surface area contributed by atoms with Crippen molar-refractivity contribution in [3.05, 3.63) is 84.1 Å². The van der Waals surface area contributed by atoms with E-state index < -0.39 is 18.3 Å². The van der Waals surface area contributed by atoms with Crippen molar-refractivity contribution >= 4 is 17.1 Å². The molecule has 0 fully saturated rings. The molecule has 4 aromatic rings. The molecule has 35 heavy (non-hydrogen) atoms. The number of nitrogens with zero attached hydrogens (tertiary/aromatic N) is 3. The second kappa shape index (κ2) is 10.4. The molecule has 2 aromatic carbocycles. The number of carbonyl (C=O) groups is 1. The van der Waals surface area contributed by atoms with Crippen LogP contribution in [0.5, 0.6) is 11.8 Å². The highest BCUT2D eigenvalue weighted by atomic mass is 19.4. The van der Waals surface area contributed by atoms with E-state index in [1.807, 2.05) is 6.07 Å². The van der Waals surface area contributed by atoms with Crippen LogP contribution in [0.15, 0.2) is 72.9 Å². The summed E-state index contributed by atoms with van der Waals surface area (Å²) in [6.45, 7) is -0.475. The van der Waals surface area contributed by atoms with Crippen molar-refractivity contribution < 1.29 is 32.5 Å². The molecule has 0 saturated carbocycles. The topological polar surface area (TPSA) is 98.5 Å². The number of ether oxygens (including phenoxy) is 2. The third-order valence-corrected chi connectivity index (χ3v) is 5.02. The van der Waals surface area contributed by atoms with Crippen molar-refractivity contribution in [3.8, 4) is 11.8 Å². The van der Waals surface area contributed by atoms with Gasteiger partial charge in [0, 0.05) is 6.20 Å². The van der Waals surface area contributed by atoms with Gasteiger partial charge in [0.2, 0.25) is 0 Å². The zero-order valence-electron chi connectivity index (χ0n) is 18.3. The minimum absolute atomic E-state index is 0.115. The third-order valence-electron chi connectivity index (χ3n) is 5.02. The van der Waals surface area contributed by atoms with E-state index in [-0.39, 0.29) is 31.5 Å². The lowest BCUT2D eigenvalue weighted by molar-refractivity contribution is -0.274. The Kier molecular flexibility index (Phi) is 7.16. The summed E-state index contributed by atoms with van der Waals surface area (Å²) in [5.41, 5.74) is 2.40. The molecular formula is C24H21F3N4O4. The minimum atomic E-state index is -4.77. The zero-order chi connectivity index (χ0) is 24.8. The first kappa shape index (κ1) is 24.0. The maximum atomic E-state index is 12.5. The fraction of sp³-hybridized carbons (Fsp3) is 0.208. The molecule has 4 rings (SSSR count). The molecule has 1 atom stereocenters. The van der Waals surface area contributed by atoms with E-state index in [1.54, 1.807) is 47.2 Å². The van der Waals surface area contributed by atoms with Crippen molar-refractivity contribution in [1.82, 2.24) is 19.9 Å². The first-order chi connectivity index (χ1) is 16.8. The van der Waals surface area contributed by atoms with E-state index in [2.05, 4.69) is 20.0 Å². The quantitative estimate of drug-likeness (QED) is 0.375. The summed E-state index contributed by atoms with van der Waals surface area (Å²) in [6.07, 6.45) is -3.20. The smallest absolute Gasteiger partial charge is 0.455 e. The standard InChI is InChI=1S/C24H21F3N4O4/c25-24(26,27)35-18-10-8-16(9-11-18)13-31-22-19(7-4-12-28-22)30-23(31)34-15-21(33)29-20(14-32)17-5-2-1-3-6-17/h1-12,20,32H,13-15H2,(H,29,33). The SMILES string of the molecule is O=C(COc1nc2cccnc2n1Cc1ccc(OC(F)(F)F)cc1)NC(CO)c1ccccc1. The number of carbonyl (C=O) groups excluding carboxylic acids is 1. The number of amides is 1. The molecule has 1 amide bonds. The number of hydrogen-bond donors (Lipinski definition) is 2. The molecule has 2 aromatic heterocycles. The number of halogens is 3. The number of pyridine rings is 1. The fourth-order valence-electron chi connectivity index (χ4n) is 3.46. The molecule has 1 unspecified atom stereocenters. The van der Waals surface area contributed by atoms with Gasteiger partial charge in [-0.2, -0.15) is 4.98 Å². The second-order valence-corrected chi connectivity index (χ2v) is 7.52. The van der Waals surface area contributed by atoms with E-state index >= 15 is 0 Å². The van der Waals surface area contributed by atoms with Gasteiger partial charge in [0.15, 0.2) is 12.3 Å². The Morgan fingerprint density at radius 1 is 1.06 bits per heavy atom. The summed E-state index contributed by atoms with van der Waals surface area (Å²) in [6, 6.07) is 17.4. The molecule has 0 spiro atoms. The van der Waals surface area contributed by atoms with Gasteiger partial charge in [0.1, 0.15) is 11.3 Å². The molecule has 0 saturated heterocycles. The molecule has 2 N–H and O–H groups in total. The second-order valence-electron chi connectivity index (χ2n) is 7.52. The molecule has 8 nitrogen and oxygen atoms in total. The first-order valence-corrected chi connectivity index (χ1v) is 10.6. The zero-order valence-corrected chi connectivity index (χ0v) is 18.3. The molecule has 0 aliphatic heterocycles. The maximum absolute atomic E-state index is 12.5. The van der Waals surface area contributed by atoms with Gasteiger partial charge in [-0.05, 0) is 35.4 Å². The van der Waals surface area contributed by atoms with Crippen LogP contribution in [0.1, 0.15) is 17.2 Å². The Morgan fingerprint density at radius 2 is 1.80 bits per heavy atom. The molecule has 0 aliphatic carbocycles. The van der Waals surface area contributed by atoms with Crippen LogP contribution in [-0.4, -0.2) is 45.1 Å². The molecule has 11 heteroatoms. The summed E-state index contributed by atoms with van der Waals surface area (Å²) in [5, 5.41) is 12.4. The van der Waals surface area contributed by atoms with Crippen LogP contribution in [0.2, 0.25) is 0 Å². The summed E-state index contributed by atoms with van der Waals surface area (Å²) in [4.78, 5) is 21.2. The van der Waals surface area contributed by atoms with E-state index in [9.17, 15) is 23.1 Å². The van der Waals surface area contributed by atoms with E-state index in [0.29, 0.717) is 16.7 Å². The normalized spacial score (nSPS) is 12.3. The number of alkyl halides is 3. The average Bonchev–Trinajstić information content (AvgIpc) is 3.19. The molecule has 0 radical (unpaired) electrons. The molecule has 2 heterocycles. The third kappa shape index (κ3) is 6.27. The lowest BCUT2D eigenvalue weighted by atomic mass is 10.1. The number of aliphatic hydroxyl groups excluding tert-OH is 1. The van der Waals surface area contributed by atoms with Crippen LogP contribution in [-0.2, 0) is 11.3 Å². The predicted octanol–water partition coefficient (Wildman–Crippen LogP) is 3.61. The number of benzene rings is 2. The van der Waals surface area contributed by atoms with Crippen molar-refractivity contribution in [2.45, 2.75) is 18.9 Å². The van der Waals surface area contributed by atoms with E-state index in [0.717, 1.165) is 5.56 Å². The van der Waals surface area contributed by atoms with Gasteiger partial charge in [-0.15, -0.1) is 13.2 Å². The Labute approximate surface area is 198 Å². The minimum Gasteiger partial charge on any atom is -0.455 e. The van der Waals surface area contributed by atoms with Crippen LogP contribution in [0.4, 0.5) is 13.2 Å². The summed E-state index contributed by atoms with van der Waals surface area (Å²) in [7, 11) is 0. The monoisotopic (exact) mass is 486 g/mol. The van der Waals surface area contributed by atoms with Crippen LogP contribution in [0.3, 0.4) is 0 Å². The number of hydrogen-bond acceptors (Lipinski definition) is 6. The Hall–Kier alpha value is -4.12. The van der Waals surface area contributed by atoms with Gasteiger partial charge in [-0.25, -0.2) is 4.98 Å². The van der Waals surface area contributed by atoms with Crippen LogP contribution in [0.25, 0.3) is 11.2 Å². The van der Waals surface area contributed by atoms with Crippen molar-refractivity contribution in [3.63, 3.8) is 0 Å². The Balaban J connectivity index is 1.48. The van der Waals surface area contributed by atoms with Gasteiger partial charge >= 0.3 is 6.36 Å². The van der Waals surface area contributed by atoms with Gasteiger partial charge in [-0.3, -0.25) is 9.36 Å². The van der Waals surface area contributed by atoms with Gasteiger partial charge < -0.3 is 19.9 Å². The predicted molar refractivity (Wildman–Crippen MR) is 120 cm³/mol. The maximum Gasteiger partial charge on any atom is 0.573 e. The van der Waals surface area contributed by atoms with Crippen molar-refractivity contribution in [2.75, 3.05) is 13.2 Å². The highest BCUT2D eigenvalue weighted by Crippen LogP contribution is 2.25. The summed E-state index contributed by atoms with van der Waals surface area (Å²) in [5.74, 6) is -0.798. The number of fused-ring (bicyclic) bond motifs is 1. The lowest BCUT2D eigenvalue weighted by Crippen LogP contribution is -2.34. The van der Waals surface area contributed by atoms with Crippen LogP contribution >= 0.6 is 0 Å². The lowest BCUT2D eigenvalue weighted by Gasteiger charge is -2.17. The van der Waals surface area contributed by atoms with Crippen molar-refractivity contribution in [1.29, 1.82) is 0 Å². The number of rotatable bonds is 9. The number of aliphatic hydroxyl groups is 1. The van der Waals surface area contributed by atoms with Crippen LogP contribution < -0.4 is 14.8 Å². The van der Waals surface area contributed by atoms with E-state index in [4.69, 9.17) is 4.74 Å². The summed E-state index contributed by atoms with van der Waals surface area (Å²) >= 11 is 0. The van der Waals surface area contributed by atoms with E-state index in [1.165, 1.54) is 24.3 Å². The van der Waals surface area contributed by atoms with Gasteiger partial charge in [-0.1, -0.05) is 42.5 Å². The number of nitrogens with one attached hydrogen (secondary N) is 1. The number of aromatic nitrogens is 3. The highest BCUT2D eigenvalue weighted by Gasteiger charge is 2.31. The first-order valence-electron chi connectivity index (χ1n) is 10.6. The Bertz CT molecular complexity index is 1280. The molecular weight excluding hydrogens is 465 g/mol. The fourth-order valence-corrected chi connectivity index (χ4v) is 3.46. The average molecular weight is 486 g/mol. The highest BCUT2D eigenvalue weighted by molar-refractivity contribution is 5.78. The van der Waals surface area contributed by atoms with Crippen molar-refractivity contribution in [2.24, 2.45) is 0 Å². The molecule has 0 bridgehead atoms. The Morgan fingerprint density at radius 3 is 2.49 bits per heavy atom. The van der Waals surface area contributed by atoms with Gasteiger partial charge in [0.05, 0.1) is 19.2 Å². The largest absolute Gasteiger partial charge is 0.573 e. The molecule has 182 valence electrons. The molecule has 0 aliphatic rings.